The molecule has 5 atom stereocenters. The number of hydrogen-bond donors (Lipinski definition) is 2. The predicted molar refractivity (Wildman–Crippen MR) is 109 cm³/mol. The van der Waals surface area contributed by atoms with Crippen molar-refractivity contribution in [2.45, 2.75) is 50.0 Å². The van der Waals surface area contributed by atoms with Gasteiger partial charge in [-0.2, -0.15) is 0 Å². The Hall–Kier alpha value is -1.19. The minimum absolute atomic E-state index is 0.290. The highest BCUT2D eigenvalue weighted by atomic mass is 32.2. The lowest BCUT2D eigenvalue weighted by atomic mass is 9.70. The largest absolute Gasteiger partial charge is 0.396 e. The second kappa shape index (κ2) is 8.46. The lowest BCUT2D eigenvalue weighted by Crippen LogP contribution is -2.42. The summed E-state index contributed by atoms with van der Waals surface area (Å²) in [5.74, 6) is 2.07. The number of anilines is 1. The Kier molecular flexibility index (Phi) is 6.29. The zero-order chi connectivity index (χ0) is 17.8. The summed E-state index contributed by atoms with van der Waals surface area (Å²) >= 11 is 1.81. The van der Waals surface area contributed by atoms with E-state index in [0.29, 0.717) is 36.3 Å². The Morgan fingerprint density at radius 1 is 1.32 bits per heavy atom. The molecule has 2 N–H and O–H groups in total. The van der Waals surface area contributed by atoms with Crippen LogP contribution in [0.1, 0.15) is 44.6 Å². The fourth-order valence-corrected chi connectivity index (χ4v) is 4.74. The van der Waals surface area contributed by atoms with Gasteiger partial charge >= 0.3 is 0 Å². The molecule has 2 aliphatic rings. The minimum atomic E-state index is 0.290. The minimum Gasteiger partial charge on any atom is -0.396 e. The van der Waals surface area contributed by atoms with Gasteiger partial charge in [-0.3, -0.25) is 0 Å². The third-order valence-corrected chi connectivity index (χ3v) is 6.68. The van der Waals surface area contributed by atoms with E-state index in [1.165, 1.54) is 16.1 Å². The van der Waals surface area contributed by atoms with Crippen molar-refractivity contribution in [1.29, 1.82) is 0 Å². The Morgan fingerprint density at radius 3 is 2.84 bits per heavy atom. The fraction of sp³-hybridized carbons (Fsp3) is 0.545. The van der Waals surface area contributed by atoms with Gasteiger partial charge in [-0.25, -0.2) is 0 Å². The zero-order valence-electron chi connectivity index (χ0n) is 15.6. The van der Waals surface area contributed by atoms with E-state index in [2.05, 4.69) is 67.9 Å². The Labute approximate surface area is 156 Å². The average molecular weight is 358 g/mol. The number of hydrogen-bond acceptors (Lipinski definition) is 3. The molecule has 0 fully saturated rings. The standard InChI is InChI=1S/C22H31NOS/c1-15(14-24)9-11-19-16(2)20-13-18(25-3)10-12-21(20)23-22(19)17-7-5-4-6-8-17/h4-7,10,12-13,15-17,19,22-24H,8-9,11,14H2,1-3H3/t15-,16+,17?,19-,22+/m1/s1. The van der Waals surface area contributed by atoms with Crippen molar-refractivity contribution < 1.29 is 5.11 Å². The van der Waals surface area contributed by atoms with Gasteiger partial charge in [-0.1, -0.05) is 38.2 Å². The first kappa shape index (κ1) is 18.6. The molecule has 1 aliphatic carbocycles. The number of benzene rings is 1. The molecular weight excluding hydrogens is 326 g/mol. The summed E-state index contributed by atoms with van der Waals surface area (Å²) in [6.07, 6.45) is 14.5. The van der Waals surface area contributed by atoms with Crippen LogP contribution < -0.4 is 5.32 Å². The summed E-state index contributed by atoms with van der Waals surface area (Å²) < 4.78 is 0. The molecule has 1 aromatic carbocycles. The highest BCUT2D eigenvalue weighted by Crippen LogP contribution is 2.45. The molecule has 0 spiro atoms. The molecule has 3 rings (SSSR count). The number of rotatable bonds is 6. The Bertz CT molecular complexity index is 639. The van der Waals surface area contributed by atoms with Gasteiger partial charge in [0.2, 0.25) is 0 Å². The number of allylic oxidation sites excluding steroid dienone is 3. The van der Waals surface area contributed by atoms with Crippen LogP contribution in [0, 0.1) is 17.8 Å². The maximum atomic E-state index is 9.43. The SMILES string of the molecule is CSc1ccc2c(c1)[C@@H](C)[C@@H](CC[C@@H](C)CO)[C@H](C1C=CC=CC1)N2. The Morgan fingerprint density at radius 2 is 2.16 bits per heavy atom. The van der Waals surface area contributed by atoms with E-state index >= 15 is 0 Å². The van der Waals surface area contributed by atoms with Crippen LogP contribution in [0.3, 0.4) is 0 Å². The van der Waals surface area contributed by atoms with Crippen LogP contribution in [0.2, 0.25) is 0 Å². The first-order valence-electron chi connectivity index (χ1n) is 9.52. The highest BCUT2D eigenvalue weighted by molar-refractivity contribution is 7.98. The number of aliphatic hydroxyl groups excluding tert-OH is 1. The van der Waals surface area contributed by atoms with E-state index in [4.69, 9.17) is 0 Å². The van der Waals surface area contributed by atoms with Gasteiger partial charge in [-0.15, -0.1) is 11.8 Å². The summed E-state index contributed by atoms with van der Waals surface area (Å²) in [4.78, 5) is 1.34. The van der Waals surface area contributed by atoms with Crippen LogP contribution >= 0.6 is 11.8 Å². The van der Waals surface area contributed by atoms with E-state index in [9.17, 15) is 5.11 Å². The smallest absolute Gasteiger partial charge is 0.0456 e. The molecule has 0 saturated heterocycles. The summed E-state index contributed by atoms with van der Waals surface area (Å²) in [7, 11) is 0. The average Bonchev–Trinajstić information content (AvgIpc) is 2.67. The molecule has 25 heavy (non-hydrogen) atoms. The van der Waals surface area contributed by atoms with Crippen molar-refractivity contribution in [3.05, 3.63) is 48.1 Å². The second-order valence-corrected chi connectivity index (χ2v) is 8.53. The number of thioether (sulfide) groups is 1. The van der Waals surface area contributed by atoms with E-state index in [-0.39, 0.29) is 0 Å². The Balaban J connectivity index is 1.88. The molecule has 1 aliphatic heterocycles. The van der Waals surface area contributed by atoms with Crippen LogP contribution in [-0.4, -0.2) is 24.0 Å². The molecule has 1 aromatic rings. The first-order chi connectivity index (χ1) is 12.1. The van der Waals surface area contributed by atoms with Crippen LogP contribution in [0.25, 0.3) is 0 Å². The van der Waals surface area contributed by atoms with E-state index in [1.807, 2.05) is 11.8 Å². The third kappa shape index (κ3) is 4.15. The summed E-state index contributed by atoms with van der Waals surface area (Å²) in [6.45, 7) is 4.84. The summed E-state index contributed by atoms with van der Waals surface area (Å²) in [6, 6.07) is 7.33. The van der Waals surface area contributed by atoms with Gasteiger partial charge in [-0.05, 0) is 67.0 Å². The van der Waals surface area contributed by atoms with Gasteiger partial charge in [0.05, 0.1) is 0 Å². The molecule has 0 saturated carbocycles. The van der Waals surface area contributed by atoms with Crippen molar-refractivity contribution in [1.82, 2.24) is 0 Å². The maximum absolute atomic E-state index is 9.43. The van der Waals surface area contributed by atoms with Gasteiger partial charge in [0.15, 0.2) is 0 Å². The van der Waals surface area contributed by atoms with Crippen LogP contribution in [0.15, 0.2) is 47.4 Å². The van der Waals surface area contributed by atoms with Crippen LogP contribution in [-0.2, 0) is 0 Å². The number of fused-ring (bicyclic) bond motifs is 1. The molecule has 136 valence electrons. The van der Waals surface area contributed by atoms with Crippen molar-refractivity contribution in [3.63, 3.8) is 0 Å². The van der Waals surface area contributed by atoms with Crippen molar-refractivity contribution in [2.24, 2.45) is 17.8 Å². The van der Waals surface area contributed by atoms with Gasteiger partial charge < -0.3 is 10.4 Å². The third-order valence-electron chi connectivity index (χ3n) is 5.95. The molecule has 2 nitrogen and oxygen atoms in total. The summed E-state index contributed by atoms with van der Waals surface area (Å²) in [5, 5.41) is 13.3. The molecule has 1 heterocycles. The van der Waals surface area contributed by atoms with Gasteiger partial charge in [0.25, 0.3) is 0 Å². The molecule has 0 bridgehead atoms. The quantitative estimate of drug-likeness (QED) is 0.663. The molecule has 0 amide bonds. The van der Waals surface area contributed by atoms with Crippen molar-refractivity contribution >= 4 is 17.4 Å². The number of aliphatic hydroxyl groups is 1. The normalized spacial score (nSPS) is 29.1. The van der Waals surface area contributed by atoms with E-state index < -0.39 is 0 Å². The second-order valence-electron chi connectivity index (χ2n) is 7.65. The lowest BCUT2D eigenvalue weighted by molar-refractivity contribution is 0.208. The number of nitrogens with one attached hydrogen (secondary N) is 1. The van der Waals surface area contributed by atoms with Crippen LogP contribution in [0.5, 0.6) is 0 Å². The fourth-order valence-electron chi connectivity index (χ4n) is 4.29. The summed E-state index contributed by atoms with van der Waals surface area (Å²) in [5.41, 5.74) is 2.77. The monoisotopic (exact) mass is 357 g/mol. The molecule has 0 aromatic heterocycles. The highest BCUT2D eigenvalue weighted by Gasteiger charge is 2.37. The lowest BCUT2D eigenvalue weighted by Gasteiger charge is -2.43. The first-order valence-corrected chi connectivity index (χ1v) is 10.7. The molecule has 0 radical (unpaired) electrons. The predicted octanol–water partition coefficient (Wildman–Crippen LogP) is 5.46. The molecule has 1 unspecified atom stereocenters. The zero-order valence-corrected chi connectivity index (χ0v) is 16.4. The van der Waals surface area contributed by atoms with Gasteiger partial charge in [0.1, 0.15) is 0 Å². The van der Waals surface area contributed by atoms with Crippen molar-refractivity contribution in [3.8, 4) is 0 Å². The van der Waals surface area contributed by atoms with E-state index in [1.54, 1.807) is 0 Å². The van der Waals surface area contributed by atoms with E-state index in [0.717, 1.165) is 19.3 Å². The van der Waals surface area contributed by atoms with Crippen molar-refractivity contribution in [2.75, 3.05) is 18.2 Å². The van der Waals surface area contributed by atoms with Crippen LogP contribution in [0.4, 0.5) is 5.69 Å². The molecular formula is C22H31NOS. The van der Waals surface area contributed by atoms with Gasteiger partial charge in [0, 0.05) is 29.1 Å². The molecule has 3 heteroatoms. The maximum Gasteiger partial charge on any atom is 0.0456 e. The topological polar surface area (TPSA) is 32.3 Å².